The van der Waals surface area contributed by atoms with Gasteiger partial charge in [0.05, 0.1) is 0 Å². The van der Waals surface area contributed by atoms with Crippen LogP contribution >= 0.6 is 11.6 Å². The molecule has 0 aliphatic carbocycles. The Morgan fingerprint density at radius 1 is 1.33 bits per heavy atom. The summed E-state index contributed by atoms with van der Waals surface area (Å²) in [6.07, 6.45) is 1.52. The molecule has 0 N–H and O–H groups in total. The molecule has 0 fully saturated rings. The van der Waals surface area contributed by atoms with Gasteiger partial charge in [-0.3, -0.25) is 4.79 Å². The van der Waals surface area contributed by atoms with Gasteiger partial charge in [0.2, 0.25) is 0 Å². The lowest BCUT2D eigenvalue weighted by atomic mass is 10.1. The van der Waals surface area contributed by atoms with Gasteiger partial charge in [0, 0.05) is 5.02 Å². The molecule has 94 valence electrons. The molecule has 0 aliphatic heterocycles. The Morgan fingerprint density at radius 3 is 2.83 bits per heavy atom. The van der Waals surface area contributed by atoms with Crippen molar-refractivity contribution in [3.05, 3.63) is 52.4 Å². The number of furan rings is 1. The number of halogens is 1. The number of benzene rings is 1. The van der Waals surface area contributed by atoms with Crippen molar-refractivity contribution in [3.8, 4) is 5.75 Å². The third-order valence-electron chi connectivity index (χ3n) is 2.58. The third kappa shape index (κ3) is 2.93. The summed E-state index contributed by atoms with van der Waals surface area (Å²) in [5.74, 6) is 1.66. The number of carbonyl (C=O) groups is 1. The van der Waals surface area contributed by atoms with Gasteiger partial charge in [0.25, 0.3) is 0 Å². The van der Waals surface area contributed by atoms with Crippen LogP contribution in [-0.4, -0.2) is 6.29 Å². The molecule has 0 atom stereocenters. The largest absolute Gasteiger partial charge is 0.486 e. The lowest BCUT2D eigenvalue weighted by molar-refractivity contribution is 0.109. The molecule has 0 radical (unpaired) electrons. The van der Waals surface area contributed by atoms with E-state index in [1.165, 1.54) is 0 Å². The zero-order valence-corrected chi connectivity index (χ0v) is 10.7. The van der Waals surface area contributed by atoms with Gasteiger partial charge in [0.1, 0.15) is 18.1 Å². The molecule has 3 nitrogen and oxygen atoms in total. The lowest BCUT2D eigenvalue weighted by Gasteiger charge is -2.07. The van der Waals surface area contributed by atoms with Crippen molar-refractivity contribution >= 4 is 17.9 Å². The van der Waals surface area contributed by atoms with Crippen LogP contribution in [0.25, 0.3) is 0 Å². The molecule has 0 bridgehead atoms. The van der Waals surface area contributed by atoms with Gasteiger partial charge in [-0.1, -0.05) is 18.5 Å². The first-order chi connectivity index (χ1) is 8.72. The number of carbonyl (C=O) groups excluding carboxylic acids is 1. The summed E-state index contributed by atoms with van der Waals surface area (Å²) in [6, 6.07) is 8.87. The number of ether oxygens (including phenoxy) is 1. The third-order valence-corrected chi connectivity index (χ3v) is 2.95. The van der Waals surface area contributed by atoms with Gasteiger partial charge < -0.3 is 9.15 Å². The van der Waals surface area contributed by atoms with Crippen LogP contribution in [0.4, 0.5) is 0 Å². The minimum atomic E-state index is 0.290. The van der Waals surface area contributed by atoms with Crippen LogP contribution in [0.15, 0.2) is 34.7 Å². The van der Waals surface area contributed by atoms with E-state index in [0.29, 0.717) is 24.4 Å². The second-order valence-corrected chi connectivity index (χ2v) is 4.22. The maximum Gasteiger partial charge on any atom is 0.185 e. The fraction of sp³-hybridized carbons (Fsp3) is 0.214. The van der Waals surface area contributed by atoms with Gasteiger partial charge in [-0.05, 0) is 42.3 Å². The predicted octanol–water partition coefficient (Wildman–Crippen LogP) is 3.89. The minimum Gasteiger partial charge on any atom is -0.486 e. The molecule has 2 rings (SSSR count). The summed E-state index contributed by atoms with van der Waals surface area (Å²) in [6.45, 7) is 2.33. The van der Waals surface area contributed by atoms with Crippen LogP contribution in [0.3, 0.4) is 0 Å². The first-order valence-corrected chi connectivity index (χ1v) is 6.06. The summed E-state index contributed by atoms with van der Waals surface area (Å²) in [5, 5.41) is 0.742. The molecule has 1 aromatic carbocycles. The molecular formula is C14H13ClO3. The van der Waals surface area contributed by atoms with Crippen molar-refractivity contribution in [3.63, 3.8) is 0 Å². The van der Waals surface area contributed by atoms with Gasteiger partial charge in [-0.25, -0.2) is 0 Å². The second kappa shape index (κ2) is 5.74. The van der Waals surface area contributed by atoms with Crippen molar-refractivity contribution < 1.29 is 13.9 Å². The van der Waals surface area contributed by atoms with E-state index < -0.39 is 0 Å². The van der Waals surface area contributed by atoms with Crippen LogP contribution in [0.2, 0.25) is 5.02 Å². The number of aldehydes is 1. The molecule has 4 heteroatoms. The molecule has 0 unspecified atom stereocenters. The van der Waals surface area contributed by atoms with Gasteiger partial charge in [0.15, 0.2) is 12.0 Å². The van der Waals surface area contributed by atoms with Crippen LogP contribution in [-0.2, 0) is 13.0 Å². The molecule has 2 aromatic rings. The number of hydrogen-bond acceptors (Lipinski definition) is 3. The van der Waals surface area contributed by atoms with Crippen LogP contribution in [0.1, 0.15) is 28.8 Å². The molecule has 0 saturated carbocycles. The quantitative estimate of drug-likeness (QED) is 0.769. The average molecular weight is 265 g/mol. The molecule has 0 aliphatic rings. The van der Waals surface area contributed by atoms with Crippen molar-refractivity contribution in [2.75, 3.05) is 0 Å². The van der Waals surface area contributed by atoms with E-state index in [0.717, 1.165) is 22.8 Å². The normalized spacial score (nSPS) is 10.3. The minimum absolute atomic E-state index is 0.290. The predicted molar refractivity (Wildman–Crippen MR) is 69.3 cm³/mol. The molecule has 1 aromatic heterocycles. The van der Waals surface area contributed by atoms with E-state index in [1.807, 2.05) is 25.1 Å². The van der Waals surface area contributed by atoms with Gasteiger partial charge in [-0.2, -0.15) is 0 Å². The Balaban J connectivity index is 2.03. The van der Waals surface area contributed by atoms with E-state index in [-0.39, 0.29) is 0 Å². The molecular weight excluding hydrogens is 252 g/mol. The Hall–Kier alpha value is -1.74. The van der Waals surface area contributed by atoms with Crippen LogP contribution in [0, 0.1) is 0 Å². The summed E-state index contributed by atoms with van der Waals surface area (Å²) in [7, 11) is 0. The number of rotatable bonds is 5. The Bertz CT molecular complexity index is 546. The van der Waals surface area contributed by atoms with E-state index in [1.54, 1.807) is 12.1 Å². The monoisotopic (exact) mass is 264 g/mol. The maximum absolute atomic E-state index is 10.5. The Kier molecular flexibility index (Phi) is 4.05. The Morgan fingerprint density at radius 2 is 2.17 bits per heavy atom. The first kappa shape index (κ1) is 12.7. The van der Waals surface area contributed by atoms with E-state index in [4.69, 9.17) is 20.8 Å². The van der Waals surface area contributed by atoms with Crippen molar-refractivity contribution in [2.45, 2.75) is 20.0 Å². The standard InChI is InChI=1S/C14H13ClO3/c1-2-10-7-11(5-6-14(10)15)17-9-13-4-3-12(8-16)18-13/h3-8H,2,9H2,1H3. The zero-order chi connectivity index (χ0) is 13.0. The van der Waals surface area contributed by atoms with Crippen molar-refractivity contribution in [1.82, 2.24) is 0 Å². The molecule has 18 heavy (non-hydrogen) atoms. The van der Waals surface area contributed by atoms with Crippen LogP contribution < -0.4 is 4.74 Å². The summed E-state index contributed by atoms with van der Waals surface area (Å²) >= 11 is 6.02. The van der Waals surface area contributed by atoms with Crippen molar-refractivity contribution in [1.29, 1.82) is 0 Å². The average Bonchev–Trinajstić information content (AvgIpc) is 2.86. The second-order valence-electron chi connectivity index (χ2n) is 3.82. The summed E-state index contributed by atoms with van der Waals surface area (Å²) < 4.78 is 10.8. The van der Waals surface area contributed by atoms with E-state index in [9.17, 15) is 4.79 Å². The highest BCUT2D eigenvalue weighted by molar-refractivity contribution is 6.31. The number of aryl methyl sites for hydroxylation is 1. The van der Waals surface area contributed by atoms with E-state index >= 15 is 0 Å². The van der Waals surface area contributed by atoms with Crippen molar-refractivity contribution in [2.24, 2.45) is 0 Å². The summed E-state index contributed by atoms with van der Waals surface area (Å²) in [5.41, 5.74) is 1.04. The highest BCUT2D eigenvalue weighted by Crippen LogP contribution is 2.23. The van der Waals surface area contributed by atoms with Crippen LogP contribution in [0.5, 0.6) is 5.75 Å². The Labute approximate surface area is 110 Å². The highest BCUT2D eigenvalue weighted by Gasteiger charge is 2.04. The SMILES string of the molecule is CCc1cc(OCc2ccc(C=O)o2)ccc1Cl. The van der Waals surface area contributed by atoms with Gasteiger partial charge in [-0.15, -0.1) is 0 Å². The first-order valence-electron chi connectivity index (χ1n) is 5.68. The lowest BCUT2D eigenvalue weighted by Crippen LogP contribution is -1.94. The summed E-state index contributed by atoms with van der Waals surface area (Å²) in [4.78, 5) is 10.5. The highest BCUT2D eigenvalue weighted by atomic mass is 35.5. The molecule has 1 heterocycles. The number of hydrogen-bond donors (Lipinski definition) is 0. The fourth-order valence-corrected chi connectivity index (χ4v) is 1.85. The zero-order valence-electron chi connectivity index (χ0n) is 9.98. The molecule has 0 amide bonds. The smallest absolute Gasteiger partial charge is 0.185 e. The van der Waals surface area contributed by atoms with Gasteiger partial charge >= 0.3 is 0 Å². The molecule has 0 saturated heterocycles. The maximum atomic E-state index is 10.5. The molecule has 0 spiro atoms. The van der Waals surface area contributed by atoms with E-state index in [2.05, 4.69) is 0 Å². The fourth-order valence-electron chi connectivity index (χ4n) is 1.60. The topological polar surface area (TPSA) is 39.4 Å².